The molecule has 1 amide bonds. The van der Waals surface area contributed by atoms with E-state index in [1.807, 2.05) is 6.92 Å². The maximum absolute atomic E-state index is 11.5. The Hall–Kier alpha value is -1.52. The monoisotopic (exact) mass is 252 g/mol. The number of likely N-dealkylation sites (tertiary alicyclic amines) is 1. The molecule has 0 saturated carbocycles. The van der Waals surface area contributed by atoms with Crippen LogP contribution in [0.2, 0.25) is 0 Å². The average Bonchev–Trinajstić information content (AvgIpc) is 2.76. The number of hydrogen-bond acceptors (Lipinski definition) is 4. The molecule has 0 radical (unpaired) electrons. The summed E-state index contributed by atoms with van der Waals surface area (Å²) in [6.45, 7) is 3.68. The molecule has 0 aromatic carbocycles. The number of carbonyl (C=O) groups is 2. The zero-order chi connectivity index (χ0) is 13.0. The lowest BCUT2D eigenvalue weighted by Crippen LogP contribution is -2.44. The highest BCUT2D eigenvalue weighted by molar-refractivity contribution is 5.92. The first-order valence-corrected chi connectivity index (χ1v) is 6.60. The van der Waals surface area contributed by atoms with E-state index in [0.29, 0.717) is 19.1 Å². The van der Waals surface area contributed by atoms with E-state index in [0.717, 1.165) is 38.0 Å². The van der Waals surface area contributed by atoms with Crippen LogP contribution in [0.15, 0.2) is 11.8 Å². The summed E-state index contributed by atoms with van der Waals surface area (Å²) in [5, 5.41) is 3.40. The summed E-state index contributed by atoms with van der Waals surface area (Å²) in [6, 6.07) is 0.368. The molecule has 1 aliphatic heterocycles. The van der Waals surface area contributed by atoms with Crippen LogP contribution >= 0.6 is 0 Å². The Balaban J connectivity index is 1.75. The van der Waals surface area contributed by atoms with Gasteiger partial charge in [0.05, 0.1) is 6.61 Å². The van der Waals surface area contributed by atoms with Crippen LogP contribution in [0.4, 0.5) is 4.79 Å². The molecular weight excluding hydrogens is 232 g/mol. The van der Waals surface area contributed by atoms with E-state index >= 15 is 0 Å². The predicted octanol–water partition coefficient (Wildman–Crippen LogP) is 1.44. The van der Waals surface area contributed by atoms with Crippen molar-refractivity contribution in [2.24, 2.45) is 0 Å². The summed E-state index contributed by atoms with van der Waals surface area (Å²) < 4.78 is 4.97. The standard InChI is InChI=1S/C13H20N2O3/c1-2-18-13(17)15-7-5-10(6-8-15)14-11-3-4-12(16)9-11/h9-10,14H,2-8H2,1H3. The van der Waals surface area contributed by atoms with Gasteiger partial charge < -0.3 is 15.0 Å². The maximum atomic E-state index is 11.5. The average molecular weight is 252 g/mol. The Morgan fingerprint density at radius 1 is 1.44 bits per heavy atom. The van der Waals surface area contributed by atoms with E-state index in [-0.39, 0.29) is 11.9 Å². The van der Waals surface area contributed by atoms with E-state index < -0.39 is 0 Å². The minimum atomic E-state index is -0.216. The Morgan fingerprint density at radius 3 is 2.72 bits per heavy atom. The van der Waals surface area contributed by atoms with Gasteiger partial charge in [-0.3, -0.25) is 4.79 Å². The van der Waals surface area contributed by atoms with Gasteiger partial charge in [0.2, 0.25) is 0 Å². The number of nitrogens with one attached hydrogen (secondary N) is 1. The van der Waals surface area contributed by atoms with Crippen LogP contribution in [-0.2, 0) is 9.53 Å². The number of hydrogen-bond donors (Lipinski definition) is 1. The van der Waals surface area contributed by atoms with Gasteiger partial charge in [-0.1, -0.05) is 0 Å². The van der Waals surface area contributed by atoms with Gasteiger partial charge in [0.1, 0.15) is 0 Å². The van der Waals surface area contributed by atoms with E-state index in [1.165, 1.54) is 0 Å². The number of rotatable bonds is 3. The van der Waals surface area contributed by atoms with Crippen LogP contribution < -0.4 is 5.32 Å². The Labute approximate surface area is 107 Å². The SMILES string of the molecule is CCOC(=O)N1CCC(NC2=CC(=O)CC2)CC1. The number of amides is 1. The summed E-state index contributed by atoms with van der Waals surface area (Å²) >= 11 is 0. The van der Waals surface area contributed by atoms with Gasteiger partial charge in [-0.25, -0.2) is 4.79 Å². The Morgan fingerprint density at radius 2 is 2.17 bits per heavy atom. The molecule has 0 atom stereocenters. The van der Waals surface area contributed by atoms with E-state index in [9.17, 15) is 9.59 Å². The summed E-state index contributed by atoms with van der Waals surface area (Å²) in [4.78, 5) is 24.4. The fourth-order valence-electron chi connectivity index (χ4n) is 2.39. The fourth-order valence-corrected chi connectivity index (χ4v) is 2.39. The van der Waals surface area contributed by atoms with Gasteiger partial charge >= 0.3 is 6.09 Å². The highest BCUT2D eigenvalue weighted by atomic mass is 16.6. The number of allylic oxidation sites excluding steroid dienone is 2. The molecule has 1 N–H and O–H groups in total. The van der Waals surface area contributed by atoms with Crippen molar-refractivity contribution in [1.82, 2.24) is 10.2 Å². The molecule has 5 nitrogen and oxygen atoms in total. The maximum Gasteiger partial charge on any atom is 0.409 e. The Bertz CT molecular complexity index is 357. The highest BCUT2D eigenvalue weighted by Gasteiger charge is 2.24. The molecule has 1 heterocycles. The second-order valence-electron chi connectivity index (χ2n) is 4.74. The molecule has 0 bridgehead atoms. The lowest BCUT2D eigenvalue weighted by atomic mass is 10.1. The topological polar surface area (TPSA) is 58.6 Å². The first kappa shape index (κ1) is 12.9. The number of piperidine rings is 1. The number of carbonyl (C=O) groups excluding carboxylic acids is 2. The molecule has 1 saturated heterocycles. The van der Waals surface area contributed by atoms with Gasteiger partial charge in [0.25, 0.3) is 0 Å². The first-order chi connectivity index (χ1) is 8.69. The van der Waals surface area contributed by atoms with Gasteiger partial charge in [0.15, 0.2) is 5.78 Å². The quantitative estimate of drug-likeness (QED) is 0.825. The smallest absolute Gasteiger partial charge is 0.409 e. The first-order valence-electron chi connectivity index (χ1n) is 6.60. The lowest BCUT2D eigenvalue weighted by Gasteiger charge is -2.32. The van der Waals surface area contributed by atoms with Gasteiger partial charge in [0, 0.05) is 37.3 Å². The summed E-state index contributed by atoms with van der Waals surface area (Å²) in [5.41, 5.74) is 1.05. The van der Waals surface area contributed by atoms with Crippen LogP contribution in [0.1, 0.15) is 32.6 Å². The zero-order valence-electron chi connectivity index (χ0n) is 10.8. The van der Waals surface area contributed by atoms with Crippen LogP contribution in [0.3, 0.4) is 0 Å². The largest absolute Gasteiger partial charge is 0.450 e. The third-order valence-corrected chi connectivity index (χ3v) is 3.39. The van der Waals surface area contributed by atoms with E-state index in [1.54, 1.807) is 11.0 Å². The fraction of sp³-hybridized carbons (Fsp3) is 0.692. The van der Waals surface area contributed by atoms with Crippen LogP contribution in [0.25, 0.3) is 0 Å². The minimum absolute atomic E-state index is 0.210. The van der Waals surface area contributed by atoms with Crippen molar-refractivity contribution >= 4 is 11.9 Å². The molecule has 0 aromatic heterocycles. The summed E-state index contributed by atoms with van der Waals surface area (Å²) in [6.07, 6.45) is 4.76. The second kappa shape index (κ2) is 5.89. The molecule has 1 fully saturated rings. The highest BCUT2D eigenvalue weighted by Crippen LogP contribution is 2.17. The van der Waals surface area contributed by atoms with Crippen molar-refractivity contribution in [1.29, 1.82) is 0 Å². The summed E-state index contributed by atoms with van der Waals surface area (Å²) in [5.74, 6) is 0.210. The summed E-state index contributed by atoms with van der Waals surface area (Å²) in [7, 11) is 0. The minimum Gasteiger partial charge on any atom is -0.450 e. The van der Waals surface area contributed by atoms with Crippen molar-refractivity contribution in [3.8, 4) is 0 Å². The van der Waals surface area contributed by atoms with Crippen LogP contribution in [-0.4, -0.2) is 42.5 Å². The van der Waals surface area contributed by atoms with Crippen LogP contribution in [0, 0.1) is 0 Å². The second-order valence-corrected chi connectivity index (χ2v) is 4.74. The number of nitrogens with zero attached hydrogens (tertiary/aromatic N) is 1. The normalized spacial score (nSPS) is 20.8. The van der Waals surface area contributed by atoms with Crippen molar-refractivity contribution in [2.45, 2.75) is 38.6 Å². The number of ketones is 1. The van der Waals surface area contributed by atoms with Crippen molar-refractivity contribution in [3.05, 3.63) is 11.8 Å². The molecule has 0 aromatic rings. The van der Waals surface area contributed by atoms with E-state index in [2.05, 4.69) is 5.32 Å². The molecular formula is C13H20N2O3. The predicted molar refractivity (Wildman–Crippen MR) is 67.1 cm³/mol. The van der Waals surface area contributed by atoms with Crippen molar-refractivity contribution < 1.29 is 14.3 Å². The zero-order valence-corrected chi connectivity index (χ0v) is 10.8. The van der Waals surface area contributed by atoms with Crippen molar-refractivity contribution in [3.63, 3.8) is 0 Å². The van der Waals surface area contributed by atoms with Crippen LogP contribution in [0.5, 0.6) is 0 Å². The molecule has 5 heteroatoms. The third-order valence-electron chi connectivity index (χ3n) is 3.39. The molecule has 1 aliphatic carbocycles. The third kappa shape index (κ3) is 3.24. The van der Waals surface area contributed by atoms with Gasteiger partial charge in [-0.05, 0) is 26.2 Å². The molecule has 100 valence electrons. The Kier molecular flexibility index (Phi) is 4.23. The number of ether oxygens (including phenoxy) is 1. The molecule has 18 heavy (non-hydrogen) atoms. The molecule has 2 rings (SSSR count). The van der Waals surface area contributed by atoms with Gasteiger partial charge in [-0.2, -0.15) is 0 Å². The molecule has 0 spiro atoms. The lowest BCUT2D eigenvalue weighted by molar-refractivity contribution is -0.114. The van der Waals surface area contributed by atoms with E-state index in [4.69, 9.17) is 4.74 Å². The molecule has 0 unspecified atom stereocenters. The molecule has 2 aliphatic rings. The van der Waals surface area contributed by atoms with Crippen molar-refractivity contribution in [2.75, 3.05) is 19.7 Å². The van der Waals surface area contributed by atoms with Gasteiger partial charge in [-0.15, -0.1) is 0 Å².